The molecule has 0 spiro atoms. The fraction of sp³-hybridized carbons (Fsp3) is 0.281. The van der Waals surface area contributed by atoms with Crippen LogP contribution in [0.4, 0.5) is 0 Å². The molecule has 0 aliphatic carbocycles. The predicted octanol–water partition coefficient (Wildman–Crippen LogP) is 6.33. The number of carbonyl (C=O) groups is 2. The molecule has 0 radical (unpaired) electrons. The summed E-state index contributed by atoms with van der Waals surface area (Å²) in [4.78, 5) is 25.9. The maximum Gasteiger partial charge on any atom is 0.262 e. The van der Waals surface area contributed by atoms with Crippen LogP contribution in [0, 0.1) is 5.92 Å². The van der Waals surface area contributed by atoms with Crippen molar-refractivity contribution in [2.75, 3.05) is 13.4 Å². The fourth-order valence-electron chi connectivity index (χ4n) is 4.32. The molecule has 9 nitrogen and oxygen atoms in total. The largest absolute Gasteiger partial charge is 0.490 e. The van der Waals surface area contributed by atoms with E-state index in [0.717, 1.165) is 11.1 Å². The highest BCUT2D eigenvalue weighted by Crippen LogP contribution is 2.35. The van der Waals surface area contributed by atoms with Crippen LogP contribution in [0.2, 0.25) is 10.0 Å². The Kier molecular flexibility index (Phi) is 10.9. The minimum atomic E-state index is -0.833. The van der Waals surface area contributed by atoms with Gasteiger partial charge in [-0.15, -0.1) is 6.58 Å². The summed E-state index contributed by atoms with van der Waals surface area (Å²) in [5, 5.41) is 7.98. The number of carbonyl (C=O) groups excluding carboxylic acids is 2. The lowest BCUT2D eigenvalue weighted by atomic mass is 10.0. The molecule has 1 unspecified atom stereocenters. The van der Waals surface area contributed by atoms with Gasteiger partial charge >= 0.3 is 0 Å². The van der Waals surface area contributed by atoms with Crippen molar-refractivity contribution in [3.63, 3.8) is 0 Å². The zero-order valence-electron chi connectivity index (χ0n) is 24.1. The number of allylic oxidation sites excluding steroid dienone is 1. The first-order chi connectivity index (χ1) is 20.7. The van der Waals surface area contributed by atoms with E-state index in [1.54, 1.807) is 42.5 Å². The molecule has 11 heteroatoms. The van der Waals surface area contributed by atoms with E-state index in [-0.39, 0.29) is 19.3 Å². The standard InChI is InChI=1S/C32H33Cl2N3O6/c1-5-7-21-12-20(13-28(40-6-2)30(21)41-17-23-8-10-24(33)15-25(23)34)16-35-37-32(39)29(19(3)4)36-31(38)22-9-11-26-27(14-22)43-18-42-26/h5,8-16,19,29H,1,6-7,17-18H2,2-4H3,(H,36,38)(H,37,39). The number of amides is 2. The number of hydrazone groups is 1. The zero-order valence-corrected chi connectivity index (χ0v) is 25.6. The first-order valence-electron chi connectivity index (χ1n) is 13.7. The molecule has 3 aromatic carbocycles. The molecule has 0 saturated carbocycles. The molecule has 0 fully saturated rings. The molecular weight excluding hydrogens is 593 g/mol. The van der Waals surface area contributed by atoms with Crippen LogP contribution in [0.25, 0.3) is 0 Å². The quantitative estimate of drug-likeness (QED) is 0.130. The van der Waals surface area contributed by atoms with Crippen LogP contribution in [0.15, 0.2) is 66.3 Å². The molecule has 0 bridgehead atoms. The fourth-order valence-corrected chi connectivity index (χ4v) is 4.78. The summed E-state index contributed by atoms with van der Waals surface area (Å²) in [5.74, 6) is 1.03. The van der Waals surface area contributed by atoms with E-state index < -0.39 is 17.9 Å². The van der Waals surface area contributed by atoms with E-state index in [1.165, 1.54) is 6.21 Å². The van der Waals surface area contributed by atoms with Crippen LogP contribution in [0.5, 0.6) is 23.0 Å². The molecule has 4 rings (SSSR count). The number of hydrogen-bond acceptors (Lipinski definition) is 7. The SMILES string of the molecule is C=CCc1cc(C=NNC(=O)C(NC(=O)c2ccc3c(c2)OCO3)C(C)C)cc(OCC)c1OCc1ccc(Cl)cc1Cl. The van der Waals surface area contributed by atoms with Gasteiger partial charge in [0.15, 0.2) is 23.0 Å². The Hall–Kier alpha value is -4.21. The van der Waals surface area contributed by atoms with Gasteiger partial charge in [-0.1, -0.05) is 49.2 Å². The van der Waals surface area contributed by atoms with Crippen molar-refractivity contribution in [2.45, 2.75) is 39.8 Å². The van der Waals surface area contributed by atoms with Crippen LogP contribution in [-0.2, 0) is 17.8 Å². The summed E-state index contributed by atoms with van der Waals surface area (Å²) >= 11 is 12.4. The Bertz CT molecular complexity index is 1530. The normalized spacial score (nSPS) is 12.7. The van der Waals surface area contributed by atoms with E-state index in [2.05, 4.69) is 22.4 Å². The summed E-state index contributed by atoms with van der Waals surface area (Å²) < 4.78 is 22.7. The second-order valence-corrected chi connectivity index (χ2v) is 10.8. The molecule has 0 aromatic heterocycles. The molecular formula is C32H33Cl2N3O6. The average Bonchev–Trinajstić information content (AvgIpc) is 3.44. The summed E-state index contributed by atoms with van der Waals surface area (Å²) in [7, 11) is 0. The van der Waals surface area contributed by atoms with Gasteiger partial charge in [0.25, 0.3) is 11.8 Å². The van der Waals surface area contributed by atoms with Crippen molar-refractivity contribution >= 4 is 41.2 Å². The van der Waals surface area contributed by atoms with Crippen molar-refractivity contribution < 1.29 is 28.5 Å². The van der Waals surface area contributed by atoms with Gasteiger partial charge < -0.3 is 24.3 Å². The van der Waals surface area contributed by atoms with Crippen LogP contribution >= 0.6 is 23.2 Å². The summed E-state index contributed by atoms with van der Waals surface area (Å²) in [6, 6.07) is 12.9. The lowest BCUT2D eigenvalue weighted by molar-refractivity contribution is -0.123. The Morgan fingerprint density at radius 2 is 1.84 bits per heavy atom. The topological polar surface area (TPSA) is 107 Å². The molecule has 2 N–H and O–H groups in total. The molecule has 1 atom stereocenters. The summed E-state index contributed by atoms with van der Waals surface area (Å²) in [6.45, 7) is 10.1. The minimum Gasteiger partial charge on any atom is -0.490 e. The summed E-state index contributed by atoms with van der Waals surface area (Å²) in [5.41, 5.74) is 5.15. The highest BCUT2D eigenvalue weighted by Gasteiger charge is 2.25. The van der Waals surface area contributed by atoms with Gasteiger partial charge in [-0.25, -0.2) is 5.43 Å². The molecule has 0 saturated heterocycles. The minimum absolute atomic E-state index is 0.102. The Morgan fingerprint density at radius 3 is 2.56 bits per heavy atom. The maximum absolute atomic E-state index is 13.0. The molecule has 43 heavy (non-hydrogen) atoms. The van der Waals surface area contributed by atoms with Crippen molar-refractivity contribution in [2.24, 2.45) is 11.0 Å². The lowest BCUT2D eigenvalue weighted by Gasteiger charge is -2.20. The van der Waals surface area contributed by atoms with E-state index in [1.807, 2.05) is 32.9 Å². The first-order valence-corrected chi connectivity index (χ1v) is 14.5. The van der Waals surface area contributed by atoms with Gasteiger partial charge in [0.2, 0.25) is 6.79 Å². The third-order valence-electron chi connectivity index (χ3n) is 6.46. The molecule has 1 heterocycles. The Balaban J connectivity index is 1.47. The molecule has 1 aliphatic heterocycles. The Morgan fingerprint density at radius 1 is 1.05 bits per heavy atom. The number of ether oxygens (including phenoxy) is 4. The van der Waals surface area contributed by atoms with Crippen LogP contribution in [0.3, 0.4) is 0 Å². The van der Waals surface area contributed by atoms with E-state index in [0.29, 0.717) is 57.2 Å². The third-order valence-corrected chi connectivity index (χ3v) is 7.05. The molecule has 1 aliphatic rings. The second-order valence-electron chi connectivity index (χ2n) is 9.95. The van der Waals surface area contributed by atoms with Crippen LogP contribution in [0.1, 0.15) is 47.8 Å². The molecule has 2 amide bonds. The van der Waals surface area contributed by atoms with Gasteiger partial charge in [-0.3, -0.25) is 9.59 Å². The number of halogens is 2. The monoisotopic (exact) mass is 625 g/mol. The first kappa shape index (κ1) is 31.7. The molecule has 3 aromatic rings. The number of benzene rings is 3. The molecule has 226 valence electrons. The second kappa shape index (κ2) is 14.8. The van der Waals surface area contributed by atoms with Gasteiger partial charge in [0, 0.05) is 26.7 Å². The highest BCUT2D eigenvalue weighted by atomic mass is 35.5. The van der Waals surface area contributed by atoms with Crippen molar-refractivity contribution in [3.05, 3.63) is 93.5 Å². The van der Waals surface area contributed by atoms with Gasteiger partial charge in [0.1, 0.15) is 12.6 Å². The number of fused-ring (bicyclic) bond motifs is 1. The number of hydrogen-bond donors (Lipinski definition) is 2. The summed E-state index contributed by atoms with van der Waals surface area (Å²) in [6.07, 6.45) is 3.76. The van der Waals surface area contributed by atoms with Crippen molar-refractivity contribution in [1.82, 2.24) is 10.7 Å². The lowest BCUT2D eigenvalue weighted by Crippen LogP contribution is -2.48. The van der Waals surface area contributed by atoms with Gasteiger partial charge in [-0.05, 0) is 67.3 Å². The zero-order chi connectivity index (χ0) is 30.9. The average molecular weight is 627 g/mol. The van der Waals surface area contributed by atoms with Crippen LogP contribution in [-0.4, -0.2) is 37.5 Å². The number of nitrogens with zero attached hydrogens (tertiary/aromatic N) is 1. The van der Waals surface area contributed by atoms with Crippen LogP contribution < -0.4 is 29.7 Å². The van der Waals surface area contributed by atoms with Gasteiger partial charge in [-0.2, -0.15) is 5.10 Å². The maximum atomic E-state index is 13.0. The van der Waals surface area contributed by atoms with E-state index in [9.17, 15) is 9.59 Å². The number of rotatable bonds is 13. The number of nitrogens with one attached hydrogen (secondary N) is 2. The third kappa shape index (κ3) is 8.21. The van der Waals surface area contributed by atoms with Crippen molar-refractivity contribution in [3.8, 4) is 23.0 Å². The predicted molar refractivity (Wildman–Crippen MR) is 167 cm³/mol. The van der Waals surface area contributed by atoms with E-state index >= 15 is 0 Å². The highest BCUT2D eigenvalue weighted by molar-refractivity contribution is 6.35. The Labute approximate surface area is 260 Å². The van der Waals surface area contributed by atoms with Crippen molar-refractivity contribution in [1.29, 1.82) is 0 Å². The van der Waals surface area contributed by atoms with Gasteiger partial charge in [0.05, 0.1) is 12.8 Å². The smallest absolute Gasteiger partial charge is 0.262 e. The van der Waals surface area contributed by atoms with E-state index in [4.69, 9.17) is 42.1 Å².